The Balaban J connectivity index is 1.45. The van der Waals surface area contributed by atoms with E-state index in [0.29, 0.717) is 0 Å². The van der Waals surface area contributed by atoms with E-state index in [1.165, 1.54) is 10.7 Å². The molecule has 1 saturated heterocycles. The lowest BCUT2D eigenvalue weighted by molar-refractivity contribution is 0.0931. The molecule has 8 heteroatoms. The Hall–Kier alpha value is -3.29. The molecular formula is C22H23F2N5O. The molecule has 4 rings (SSSR count). The highest BCUT2D eigenvalue weighted by Crippen LogP contribution is 2.26. The van der Waals surface area contributed by atoms with E-state index >= 15 is 0 Å². The number of nitrogens with zero attached hydrogens (tertiary/aromatic N) is 4. The highest BCUT2D eigenvalue weighted by Gasteiger charge is 2.25. The number of aryl methyl sites for hydroxylation is 2. The van der Waals surface area contributed by atoms with E-state index in [2.05, 4.69) is 20.3 Å². The van der Waals surface area contributed by atoms with Gasteiger partial charge in [-0.2, -0.15) is 5.10 Å². The number of piperidine rings is 1. The molecule has 3 aromatic rings. The van der Waals surface area contributed by atoms with Gasteiger partial charge in [-0.05, 0) is 44.0 Å². The van der Waals surface area contributed by atoms with Crippen molar-refractivity contribution in [3.8, 4) is 11.3 Å². The normalized spacial score (nSPS) is 14.7. The fraction of sp³-hybridized carbons (Fsp3) is 0.318. The van der Waals surface area contributed by atoms with Gasteiger partial charge in [-0.15, -0.1) is 0 Å². The Bertz CT molecular complexity index is 1070. The number of hydrogen-bond acceptors (Lipinski definition) is 4. The Kier molecular flexibility index (Phi) is 5.48. The largest absolute Gasteiger partial charge is 0.356 e. The molecular weight excluding hydrogens is 388 g/mol. The Morgan fingerprint density at radius 1 is 1.17 bits per heavy atom. The van der Waals surface area contributed by atoms with E-state index in [4.69, 9.17) is 0 Å². The summed E-state index contributed by atoms with van der Waals surface area (Å²) in [6, 6.07) is 9.20. The molecule has 0 radical (unpaired) electrons. The number of benzene rings is 1. The van der Waals surface area contributed by atoms with E-state index in [9.17, 15) is 13.6 Å². The van der Waals surface area contributed by atoms with Gasteiger partial charge in [0, 0.05) is 49.7 Å². The molecule has 30 heavy (non-hydrogen) atoms. The minimum Gasteiger partial charge on any atom is -0.356 e. The van der Waals surface area contributed by atoms with Gasteiger partial charge >= 0.3 is 0 Å². The first-order valence-corrected chi connectivity index (χ1v) is 9.89. The number of halogens is 2. The molecule has 1 N–H and O–H groups in total. The van der Waals surface area contributed by atoms with E-state index < -0.39 is 11.6 Å². The van der Waals surface area contributed by atoms with Gasteiger partial charge in [0.15, 0.2) is 0 Å². The molecule has 0 atom stereocenters. The standard InChI is InChI=1S/C22H23F2N5O/c1-14-4-3-5-20(25-14)29-10-8-16(9-11-29)26-22(30)18-13-28(2)27-21(18)17-7-6-15(23)12-19(17)24/h3-7,12-13,16H,8-11H2,1-2H3,(H,26,30). The lowest BCUT2D eigenvalue weighted by Crippen LogP contribution is -2.45. The maximum absolute atomic E-state index is 14.2. The Morgan fingerprint density at radius 3 is 2.63 bits per heavy atom. The fourth-order valence-electron chi connectivity index (χ4n) is 3.76. The number of carbonyl (C=O) groups is 1. The topological polar surface area (TPSA) is 63.1 Å². The highest BCUT2D eigenvalue weighted by atomic mass is 19.1. The van der Waals surface area contributed by atoms with Crippen molar-refractivity contribution in [3.05, 3.63) is 65.5 Å². The van der Waals surface area contributed by atoms with Crippen molar-refractivity contribution < 1.29 is 13.6 Å². The first-order valence-electron chi connectivity index (χ1n) is 9.89. The van der Waals surface area contributed by atoms with Crippen LogP contribution < -0.4 is 10.2 Å². The van der Waals surface area contributed by atoms with Crippen LogP contribution in [0.5, 0.6) is 0 Å². The van der Waals surface area contributed by atoms with Crippen LogP contribution in [0, 0.1) is 18.6 Å². The number of carbonyl (C=O) groups excluding carboxylic acids is 1. The molecule has 0 bridgehead atoms. The fourth-order valence-corrected chi connectivity index (χ4v) is 3.76. The predicted molar refractivity (Wildman–Crippen MR) is 110 cm³/mol. The summed E-state index contributed by atoms with van der Waals surface area (Å²) in [4.78, 5) is 19.7. The molecule has 1 aromatic carbocycles. The van der Waals surface area contributed by atoms with E-state index in [-0.39, 0.29) is 28.8 Å². The molecule has 0 saturated carbocycles. The van der Waals surface area contributed by atoms with Crippen LogP contribution in [0.25, 0.3) is 11.3 Å². The summed E-state index contributed by atoms with van der Waals surface area (Å²) in [5, 5.41) is 7.26. The van der Waals surface area contributed by atoms with Crippen LogP contribution in [-0.4, -0.2) is 39.8 Å². The second-order valence-corrected chi connectivity index (χ2v) is 7.56. The molecule has 0 aliphatic carbocycles. The molecule has 0 spiro atoms. The number of rotatable bonds is 4. The predicted octanol–water partition coefficient (Wildman–Crippen LogP) is 3.47. The smallest absolute Gasteiger partial charge is 0.255 e. The molecule has 2 aromatic heterocycles. The van der Waals surface area contributed by atoms with Crippen LogP contribution in [0.3, 0.4) is 0 Å². The summed E-state index contributed by atoms with van der Waals surface area (Å²) < 4.78 is 29.0. The number of nitrogens with one attached hydrogen (secondary N) is 1. The van der Waals surface area contributed by atoms with Gasteiger partial charge in [0.05, 0.1) is 5.56 Å². The van der Waals surface area contributed by atoms with Crippen molar-refractivity contribution in [2.45, 2.75) is 25.8 Å². The summed E-state index contributed by atoms with van der Waals surface area (Å²) in [7, 11) is 1.66. The first-order chi connectivity index (χ1) is 14.4. The van der Waals surface area contributed by atoms with Crippen molar-refractivity contribution in [3.63, 3.8) is 0 Å². The molecule has 1 fully saturated rings. The number of amides is 1. The quantitative estimate of drug-likeness (QED) is 0.714. The number of anilines is 1. The van der Waals surface area contributed by atoms with Gasteiger partial charge in [-0.1, -0.05) is 6.07 Å². The zero-order chi connectivity index (χ0) is 21.3. The minimum absolute atomic E-state index is 0.00433. The molecule has 3 heterocycles. The lowest BCUT2D eigenvalue weighted by Gasteiger charge is -2.33. The number of hydrogen-bond donors (Lipinski definition) is 1. The highest BCUT2D eigenvalue weighted by molar-refractivity contribution is 6.00. The average molecular weight is 411 g/mol. The Morgan fingerprint density at radius 2 is 1.93 bits per heavy atom. The van der Waals surface area contributed by atoms with Crippen molar-refractivity contribution >= 4 is 11.7 Å². The SMILES string of the molecule is Cc1cccc(N2CCC(NC(=O)c3cn(C)nc3-c3ccc(F)cc3F)CC2)n1. The molecule has 6 nitrogen and oxygen atoms in total. The van der Waals surface area contributed by atoms with Gasteiger partial charge < -0.3 is 10.2 Å². The molecule has 1 amide bonds. The van der Waals surface area contributed by atoms with Gasteiger partial charge in [-0.3, -0.25) is 9.48 Å². The third kappa shape index (κ3) is 4.17. The van der Waals surface area contributed by atoms with E-state index in [0.717, 1.165) is 49.6 Å². The minimum atomic E-state index is -0.748. The maximum atomic E-state index is 14.2. The van der Waals surface area contributed by atoms with Gasteiger partial charge in [0.1, 0.15) is 23.1 Å². The van der Waals surface area contributed by atoms with Crippen LogP contribution in [0.15, 0.2) is 42.6 Å². The molecule has 156 valence electrons. The lowest BCUT2D eigenvalue weighted by atomic mass is 10.0. The summed E-state index contributed by atoms with van der Waals surface area (Å²) in [6.07, 6.45) is 3.11. The van der Waals surface area contributed by atoms with Crippen molar-refractivity contribution in [1.82, 2.24) is 20.1 Å². The number of aromatic nitrogens is 3. The molecule has 1 aliphatic rings. The van der Waals surface area contributed by atoms with Crippen LogP contribution in [0.1, 0.15) is 28.9 Å². The third-order valence-electron chi connectivity index (χ3n) is 5.29. The van der Waals surface area contributed by atoms with Crippen molar-refractivity contribution in [1.29, 1.82) is 0 Å². The summed E-state index contributed by atoms with van der Waals surface area (Å²) in [5.41, 5.74) is 1.54. The maximum Gasteiger partial charge on any atom is 0.255 e. The van der Waals surface area contributed by atoms with Crippen molar-refractivity contribution in [2.24, 2.45) is 7.05 Å². The monoisotopic (exact) mass is 411 g/mol. The van der Waals surface area contributed by atoms with Crippen LogP contribution in [0.2, 0.25) is 0 Å². The molecule has 1 aliphatic heterocycles. The third-order valence-corrected chi connectivity index (χ3v) is 5.29. The molecule has 0 unspecified atom stereocenters. The van der Waals surface area contributed by atoms with Crippen molar-refractivity contribution in [2.75, 3.05) is 18.0 Å². The summed E-state index contributed by atoms with van der Waals surface area (Å²) in [5.74, 6) is -0.787. The second kappa shape index (κ2) is 8.22. The van der Waals surface area contributed by atoms with Gasteiger partial charge in [0.2, 0.25) is 0 Å². The van der Waals surface area contributed by atoms with Crippen LogP contribution >= 0.6 is 0 Å². The van der Waals surface area contributed by atoms with E-state index in [1.807, 2.05) is 25.1 Å². The number of pyridine rings is 1. The second-order valence-electron chi connectivity index (χ2n) is 7.56. The zero-order valence-corrected chi connectivity index (χ0v) is 16.9. The van der Waals surface area contributed by atoms with Crippen LogP contribution in [-0.2, 0) is 7.05 Å². The van der Waals surface area contributed by atoms with Crippen LogP contribution in [0.4, 0.5) is 14.6 Å². The Labute approximate surface area is 173 Å². The van der Waals surface area contributed by atoms with Gasteiger partial charge in [0.25, 0.3) is 5.91 Å². The summed E-state index contributed by atoms with van der Waals surface area (Å²) >= 11 is 0. The first kappa shape index (κ1) is 20.0. The summed E-state index contributed by atoms with van der Waals surface area (Å²) in [6.45, 7) is 3.54. The van der Waals surface area contributed by atoms with Gasteiger partial charge in [-0.25, -0.2) is 13.8 Å². The average Bonchev–Trinajstić information content (AvgIpc) is 3.10. The van der Waals surface area contributed by atoms with E-state index in [1.54, 1.807) is 13.2 Å². The zero-order valence-electron chi connectivity index (χ0n) is 16.9.